The molecule has 18 heteroatoms. The SMILES string of the molecule is CCO[C@@H]([C@H]1C[C@@H](C)[C@H]2[C@H](O1)[C@H](O)[C@@]1(C)[C@@H]3CC[C@H]4C(C)(C)[C@@H](O[C@H]5CN(CC6CN(CCOC)C6)CCO5)CCC45C[C@@]35CC[C@]21C)C(C)(C)O.COCCN1CC(CN2CCO[C@@H](O[C@H]3CCC45C[C@]46CC[C@]4(C)[C@@H]7[C@H](O[C@@H]([C@H](O)C(C)(C)O)C[C@H]7C)[C@H](O)[C@@]4(C)[C@@H]6CC[C@H]5C3(C)C)C2)C1. The molecule has 102 heavy (non-hydrogen) atoms. The quantitative estimate of drug-likeness (QED) is 0.0771. The predicted octanol–water partition coefficient (Wildman–Crippen LogP) is 10.2. The van der Waals surface area contributed by atoms with Gasteiger partial charge in [0.15, 0.2) is 12.6 Å². The van der Waals surface area contributed by atoms with Crippen LogP contribution in [-0.2, 0) is 42.6 Å². The van der Waals surface area contributed by atoms with E-state index in [9.17, 15) is 25.5 Å². The standard InChI is InChI=1S/C43H74N2O7.C41H70N2O7/c1-10-49-37(39(5,6)47)29-21-27(2)34-35(51-29)36(46)41(8)31-12-11-30-38(3,4)32(13-14-42(30)26-43(31,42)16-15-40(34,41)7)52-33-25-45(18-20-50-33)24-28-22-44(23-28)17-19-48-9;1-25-19-27(34(44)37(4,5)46)49-33-32(25)38(6)13-14-41-24-40(41)12-11-30(36(2,3)28(40)9-10-29(41)39(38,7)35(33)45)50-31-23-43(16-18-48-31)22-26-20-42(21-26)15-17-47-8/h27-37,46-47H,10-26H2,1-9H3;25-35,44-46H,9-24H2,1-8H3/t27-,29-,30+,31+,32+,33+,34+,35+,36+,37+,40-,41-,42?,43+;25-,27-,28+,29+,30+,31+,32+,33+,34+,35+,38-,39-,40?,41+/m11/s1. The van der Waals surface area contributed by atoms with Gasteiger partial charge in [-0.3, -0.25) is 9.80 Å². The fourth-order valence-corrected chi connectivity index (χ4v) is 30.2. The van der Waals surface area contributed by atoms with Gasteiger partial charge >= 0.3 is 0 Å². The van der Waals surface area contributed by atoms with Crippen LogP contribution < -0.4 is 0 Å². The van der Waals surface area contributed by atoms with E-state index in [2.05, 4.69) is 88.8 Å². The van der Waals surface area contributed by atoms with Gasteiger partial charge in [-0.2, -0.15) is 0 Å². The number of methoxy groups -OCH3 is 2. The highest BCUT2D eigenvalue weighted by atomic mass is 16.7. The van der Waals surface area contributed by atoms with E-state index in [4.69, 9.17) is 42.6 Å². The van der Waals surface area contributed by atoms with Gasteiger partial charge in [-0.1, -0.05) is 69.2 Å². The van der Waals surface area contributed by atoms with Crippen molar-refractivity contribution in [3.8, 4) is 0 Å². The molecule has 0 radical (unpaired) electrons. The van der Waals surface area contributed by atoms with Crippen LogP contribution in [0, 0.1) is 113 Å². The highest BCUT2D eigenvalue weighted by molar-refractivity contribution is 5.35. The molecule has 16 rings (SSSR count). The lowest BCUT2D eigenvalue weighted by molar-refractivity contribution is -0.250. The van der Waals surface area contributed by atoms with E-state index >= 15 is 0 Å². The molecule has 10 saturated carbocycles. The largest absolute Gasteiger partial charge is 0.390 e. The number of rotatable bonds is 20. The summed E-state index contributed by atoms with van der Waals surface area (Å²) in [5.74, 6) is 4.96. The molecule has 0 aromatic rings. The Balaban J connectivity index is 0.000000165. The maximum atomic E-state index is 12.7. The van der Waals surface area contributed by atoms with Crippen molar-refractivity contribution in [2.45, 2.75) is 291 Å². The Hall–Kier alpha value is -0.720. The van der Waals surface area contributed by atoms with Crippen molar-refractivity contribution in [2.24, 2.45) is 113 Å². The Labute approximate surface area is 615 Å². The average molecular weight is 1430 g/mol. The molecule has 16 fully saturated rings. The zero-order valence-electron chi connectivity index (χ0n) is 66.7. The third-order valence-electron chi connectivity index (χ3n) is 35.2. The van der Waals surface area contributed by atoms with Gasteiger partial charge in [-0.25, -0.2) is 0 Å². The molecule has 28 atom stereocenters. The van der Waals surface area contributed by atoms with Gasteiger partial charge in [0.2, 0.25) is 0 Å². The Morgan fingerprint density at radius 3 is 1.31 bits per heavy atom. The molecule has 5 N–H and O–H groups in total. The Morgan fingerprint density at radius 1 is 0.510 bits per heavy atom. The van der Waals surface area contributed by atoms with E-state index in [-0.39, 0.29) is 86.9 Å². The summed E-state index contributed by atoms with van der Waals surface area (Å²) in [6.07, 6.45) is 14.9. The number of ether oxygens (including phenoxy) is 9. The molecular weight excluding hydrogens is 1290 g/mol. The van der Waals surface area contributed by atoms with Crippen LogP contribution in [0.2, 0.25) is 0 Å². The lowest BCUT2D eigenvalue weighted by Gasteiger charge is -2.64. The summed E-state index contributed by atoms with van der Waals surface area (Å²) in [5.41, 5.74) is -1.27. The Morgan fingerprint density at radius 2 is 0.912 bits per heavy atom. The normalized spacial score (nSPS) is 50.3. The molecular formula is C84H144N4O14. The number of hydrogen-bond donors (Lipinski definition) is 5. The van der Waals surface area contributed by atoms with Crippen LogP contribution in [0.4, 0.5) is 0 Å². The van der Waals surface area contributed by atoms with E-state index in [1.165, 1.54) is 90.4 Å². The second-order valence-electron chi connectivity index (χ2n) is 41.3. The fraction of sp³-hybridized carbons (Fsp3) is 1.00. The van der Waals surface area contributed by atoms with E-state index < -0.39 is 41.7 Å². The molecule has 0 aromatic carbocycles. The third-order valence-corrected chi connectivity index (χ3v) is 35.2. The lowest BCUT2D eigenvalue weighted by Crippen LogP contribution is -2.60. The van der Waals surface area contributed by atoms with Crippen molar-refractivity contribution >= 4 is 0 Å². The highest BCUT2D eigenvalue weighted by Crippen LogP contribution is 2.91. The second kappa shape index (κ2) is 27.0. The molecule has 6 aliphatic heterocycles. The van der Waals surface area contributed by atoms with Crippen molar-refractivity contribution < 1.29 is 68.2 Å². The van der Waals surface area contributed by atoms with Crippen LogP contribution in [0.25, 0.3) is 0 Å². The van der Waals surface area contributed by atoms with Crippen molar-refractivity contribution in [1.82, 2.24) is 19.6 Å². The molecule has 0 aromatic heterocycles. The number of aliphatic hydroxyl groups excluding tert-OH is 3. The van der Waals surface area contributed by atoms with Crippen molar-refractivity contribution in [3.63, 3.8) is 0 Å². The van der Waals surface area contributed by atoms with Crippen LogP contribution in [0.15, 0.2) is 0 Å². The van der Waals surface area contributed by atoms with Gasteiger partial charge in [0, 0.05) is 110 Å². The van der Waals surface area contributed by atoms with Crippen molar-refractivity contribution in [2.75, 3.05) is 126 Å². The van der Waals surface area contributed by atoms with Crippen LogP contribution >= 0.6 is 0 Å². The van der Waals surface area contributed by atoms with Crippen LogP contribution in [-0.4, -0.2) is 256 Å². The molecule has 0 bridgehead atoms. The second-order valence-corrected chi connectivity index (χ2v) is 41.3. The Bertz CT molecular complexity index is 2960. The van der Waals surface area contributed by atoms with Gasteiger partial charge in [0.1, 0.15) is 12.2 Å². The van der Waals surface area contributed by atoms with Gasteiger partial charge in [0.25, 0.3) is 0 Å². The smallest absolute Gasteiger partial charge is 0.170 e. The van der Waals surface area contributed by atoms with Gasteiger partial charge < -0.3 is 78.0 Å². The minimum atomic E-state index is -1.25. The molecule has 584 valence electrons. The first kappa shape index (κ1) is 76.6. The first-order valence-electron chi connectivity index (χ1n) is 41.9. The molecule has 0 amide bonds. The molecule has 6 heterocycles. The molecule has 4 spiro atoms. The van der Waals surface area contributed by atoms with E-state index in [0.29, 0.717) is 64.3 Å². The third kappa shape index (κ3) is 11.7. The molecule has 2 unspecified atom stereocenters. The van der Waals surface area contributed by atoms with E-state index in [0.717, 1.165) is 129 Å². The van der Waals surface area contributed by atoms with Gasteiger partial charge in [-0.15, -0.1) is 0 Å². The van der Waals surface area contributed by atoms with Crippen LogP contribution in [0.5, 0.6) is 0 Å². The van der Waals surface area contributed by atoms with Gasteiger partial charge in [0.05, 0.1) is 86.5 Å². The van der Waals surface area contributed by atoms with Crippen molar-refractivity contribution in [1.29, 1.82) is 0 Å². The summed E-state index contributed by atoms with van der Waals surface area (Å²) < 4.78 is 57.0. The number of hydrogen-bond acceptors (Lipinski definition) is 18. The average Bonchev–Trinajstić information content (AvgIpc) is 1.46. The summed E-state index contributed by atoms with van der Waals surface area (Å²) in [6, 6.07) is 0. The first-order chi connectivity index (χ1) is 48.1. The zero-order valence-corrected chi connectivity index (χ0v) is 66.7. The fourth-order valence-electron chi connectivity index (χ4n) is 30.2. The maximum absolute atomic E-state index is 12.7. The summed E-state index contributed by atoms with van der Waals surface area (Å²) in [7, 11) is 3.57. The van der Waals surface area contributed by atoms with E-state index in [1.54, 1.807) is 28.1 Å². The molecule has 6 saturated heterocycles. The lowest BCUT2D eigenvalue weighted by atomic mass is 9.41. The number of morpholine rings is 2. The summed E-state index contributed by atoms with van der Waals surface area (Å²) in [4.78, 5) is 10.2. The number of nitrogens with zero attached hydrogens (tertiary/aromatic N) is 4. The summed E-state index contributed by atoms with van der Waals surface area (Å²) in [5, 5.41) is 58.0. The number of fused-ring (bicyclic) bond motifs is 8. The summed E-state index contributed by atoms with van der Waals surface area (Å²) in [6.45, 7) is 50.0. The monoisotopic (exact) mass is 1430 g/mol. The topological polar surface area (TPSA) is 197 Å². The first-order valence-corrected chi connectivity index (χ1v) is 41.9. The number of likely N-dealkylation sites (tertiary alicyclic amines) is 2. The minimum absolute atomic E-state index is 0.0184. The van der Waals surface area contributed by atoms with Crippen LogP contribution in [0.3, 0.4) is 0 Å². The van der Waals surface area contributed by atoms with Crippen molar-refractivity contribution in [3.05, 3.63) is 0 Å². The maximum Gasteiger partial charge on any atom is 0.170 e. The molecule has 10 aliphatic carbocycles. The Kier molecular flexibility index (Phi) is 20.3. The zero-order chi connectivity index (χ0) is 72.7. The van der Waals surface area contributed by atoms with Gasteiger partial charge in [-0.05, 0) is 240 Å². The van der Waals surface area contributed by atoms with Crippen LogP contribution in [0.1, 0.15) is 207 Å². The minimum Gasteiger partial charge on any atom is -0.390 e. The highest BCUT2D eigenvalue weighted by Gasteiger charge is 2.87. The number of aliphatic hydroxyl groups is 5. The molecule has 16 aliphatic rings. The predicted molar refractivity (Wildman–Crippen MR) is 392 cm³/mol. The van der Waals surface area contributed by atoms with E-state index in [1.807, 2.05) is 20.8 Å². The summed E-state index contributed by atoms with van der Waals surface area (Å²) >= 11 is 0. The molecule has 18 nitrogen and oxygen atoms in total.